The third kappa shape index (κ3) is 2.91. The molecular formula is C18H17N3O. The zero-order chi connectivity index (χ0) is 15.4. The molecule has 1 N–H and O–H groups in total. The SMILES string of the molecule is CNC(=O)c1cn(Cc2ccccc2)nc1-c1ccccc1. The highest BCUT2D eigenvalue weighted by Crippen LogP contribution is 2.22. The third-order valence-electron chi connectivity index (χ3n) is 3.47. The number of carbonyl (C=O) groups excluding carboxylic acids is 1. The summed E-state index contributed by atoms with van der Waals surface area (Å²) in [6.07, 6.45) is 1.80. The van der Waals surface area contributed by atoms with Crippen molar-refractivity contribution in [2.45, 2.75) is 6.54 Å². The Morgan fingerprint density at radius 3 is 2.32 bits per heavy atom. The van der Waals surface area contributed by atoms with Crippen LogP contribution in [0.15, 0.2) is 66.9 Å². The fourth-order valence-electron chi connectivity index (χ4n) is 2.38. The second kappa shape index (κ2) is 6.26. The molecule has 0 bridgehead atoms. The monoisotopic (exact) mass is 291 g/mol. The van der Waals surface area contributed by atoms with Crippen LogP contribution in [-0.2, 0) is 6.54 Å². The van der Waals surface area contributed by atoms with Crippen molar-refractivity contribution in [1.82, 2.24) is 15.1 Å². The molecule has 2 aromatic carbocycles. The normalized spacial score (nSPS) is 10.4. The lowest BCUT2D eigenvalue weighted by Gasteiger charge is -2.01. The molecule has 3 aromatic rings. The van der Waals surface area contributed by atoms with Gasteiger partial charge in [0.1, 0.15) is 5.69 Å². The van der Waals surface area contributed by atoms with Gasteiger partial charge in [0.05, 0.1) is 12.1 Å². The summed E-state index contributed by atoms with van der Waals surface area (Å²) in [7, 11) is 1.63. The second-order valence-corrected chi connectivity index (χ2v) is 5.02. The number of rotatable bonds is 4. The molecule has 0 atom stereocenters. The zero-order valence-electron chi connectivity index (χ0n) is 12.4. The molecule has 0 saturated carbocycles. The van der Waals surface area contributed by atoms with E-state index in [0.717, 1.165) is 11.1 Å². The Morgan fingerprint density at radius 2 is 1.68 bits per heavy atom. The molecule has 0 aliphatic rings. The largest absolute Gasteiger partial charge is 0.355 e. The number of carbonyl (C=O) groups is 1. The van der Waals surface area contributed by atoms with Crippen molar-refractivity contribution in [3.05, 3.63) is 78.0 Å². The van der Waals surface area contributed by atoms with E-state index in [4.69, 9.17) is 0 Å². The molecule has 0 radical (unpaired) electrons. The van der Waals surface area contributed by atoms with Crippen LogP contribution in [0.1, 0.15) is 15.9 Å². The van der Waals surface area contributed by atoms with Crippen molar-refractivity contribution in [2.75, 3.05) is 7.05 Å². The molecular weight excluding hydrogens is 274 g/mol. The Labute approximate surface area is 129 Å². The van der Waals surface area contributed by atoms with Crippen LogP contribution >= 0.6 is 0 Å². The molecule has 22 heavy (non-hydrogen) atoms. The van der Waals surface area contributed by atoms with E-state index in [1.54, 1.807) is 13.2 Å². The van der Waals surface area contributed by atoms with Gasteiger partial charge in [-0.1, -0.05) is 60.7 Å². The average molecular weight is 291 g/mol. The number of nitrogens with zero attached hydrogens (tertiary/aromatic N) is 2. The first-order valence-electron chi connectivity index (χ1n) is 7.17. The number of nitrogens with one attached hydrogen (secondary N) is 1. The molecule has 4 nitrogen and oxygen atoms in total. The van der Waals surface area contributed by atoms with Gasteiger partial charge >= 0.3 is 0 Å². The number of hydrogen-bond acceptors (Lipinski definition) is 2. The Bertz CT molecular complexity index is 764. The van der Waals surface area contributed by atoms with E-state index in [1.807, 2.05) is 65.3 Å². The summed E-state index contributed by atoms with van der Waals surface area (Å²) in [6, 6.07) is 19.8. The fraction of sp³-hybridized carbons (Fsp3) is 0.111. The molecule has 0 saturated heterocycles. The first kappa shape index (κ1) is 14.1. The third-order valence-corrected chi connectivity index (χ3v) is 3.47. The van der Waals surface area contributed by atoms with Crippen LogP contribution in [-0.4, -0.2) is 22.7 Å². The number of benzene rings is 2. The zero-order valence-corrected chi connectivity index (χ0v) is 12.4. The summed E-state index contributed by atoms with van der Waals surface area (Å²) < 4.78 is 1.81. The second-order valence-electron chi connectivity index (χ2n) is 5.02. The number of aromatic nitrogens is 2. The summed E-state index contributed by atoms with van der Waals surface area (Å²) in [5.74, 6) is -0.127. The fourth-order valence-corrected chi connectivity index (χ4v) is 2.38. The Balaban J connectivity index is 2.00. The highest BCUT2D eigenvalue weighted by Gasteiger charge is 2.16. The van der Waals surface area contributed by atoms with Crippen LogP contribution in [0.5, 0.6) is 0 Å². The van der Waals surface area contributed by atoms with E-state index in [1.165, 1.54) is 0 Å². The van der Waals surface area contributed by atoms with E-state index in [-0.39, 0.29) is 5.91 Å². The first-order valence-corrected chi connectivity index (χ1v) is 7.17. The predicted octanol–water partition coefficient (Wildman–Crippen LogP) is 2.96. The van der Waals surface area contributed by atoms with E-state index in [9.17, 15) is 4.79 Å². The minimum Gasteiger partial charge on any atom is -0.355 e. The Morgan fingerprint density at radius 1 is 1.05 bits per heavy atom. The van der Waals surface area contributed by atoms with Gasteiger partial charge in [0.15, 0.2) is 0 Å². The molecule has 0 aliphatic heterocycles. The lowest BCUT2D eigenvalue weighted by atomic mass is 10.1. The van der Waals surface area contributed by atoms with E-state index in [2.05, 4.69) is 10.4 Å². The molecule has 1 aromatic heterocycles. The van der Waals surface area contributed by atoms with Gasteiger partial charge in [-0.3, -0.25) is 9.48 Å². The van der Waals surface area contributed by atoms with Crippen molar-refractivity contribution in [2.24, 2.45) is 0 Å². The first-order chi connectivity index (χ1) is 10.8. The molecule has 1 amide bonds. The van der Waals surface area contributed by atoms with Gasteiger partial charge in [-0.05, 0) is 5.56 Å². The van der Waals surface area contributed by atoms with Crippen LogP contribution in [0.25, 0.3) is 11.3 Å². The lowest BCUT2D eigenvalue weighted by Crippen LogP contribution is -2.18. The molecule has 110 valence electrons. The Kier molecular flexibility index (Phi) is 4.01. The number of amides is 1. The molecule has 0 aliphatic carbocycles. The smallest absolute Gasteiger partial charge is 0.254 e. The summed E-state index contributed by atoms with van der Waals surface area (Å²) in [5.41, 5.74) is 3.38. The quantitative estimate of drug-likeness (QED) is 0.803. The van der Waals surface area contributed by atoms with Crippen LogP contribution in [0.3, 0.4) is 0 Å². The van der Waals surface area contributed by atoms with Crippen molar-refractivity contribution in [3.8, 4) is 11.3 Å². The van der Waals surface area contributed by atoms with Gasteiger partial charge in [0.25, 0.3) is 5.91 Å². The number of hydrogen-bond donors (Lipinski definition) is 1. The highest BCUT2D eigenvalue weighted by molar-refractivity contribution is 5.99. The van der Waals surface area contributed by atoms with Gasteiger partial charge in [-0.25, -0.2) is 0 Å². The molecule has 4 heteroatoms. The Hall–Kier alpha value is -2.88. The summed E-state index contributed by atoms with van der Waals surface area (Å²) in [4.78, 5) is 12.1. The molecule has 3 rings (SSSR count). The standard InChI is InChI=1S/C18H17N3O/c1-19-18(22)16-13-21(12-14-8-4-2-5-9-14)20-17(16)15-10-6-3-7-11-15/h2-11,13H,12H2,1H3,(H,19,22). The van der Waals surface area contributed by atoms with Crippen LogP contribution in [0.2, 0.25) is 0 Å². The minimum atomic E-state index is -0.127. The van der Waals surface area contributed by atoms with E-state index < -0.39 is 0 Å². The van der Waals surface area contributed by atoms with E-state index in [0.29, 0.717) is 17.8 Å². The van der Waals surface area contributed by atoms with Crippen LogP contribution in [0.4, 0.5) is 0 Å². The molecule has 0 fully saturated rings. The maximum Gasteiger partial charge on any atom is 0.254 e. The summed E-state index contributed by atoms with van der Waals surface area (Å²) in [5, 5.41) is 7.28. The van der Waals surface area contributed by atoms with Gasteiger partial charge in [0, 0.05) is 18.8 Å². The summed E-state index contributed by atoms with van der Waals surface area (Å²) in [6.45, 7) is 0.637. The maximum atomic E-state index is 12.1. The molecule has 0 spiro atoms. The van der Waals surface area contributed by atoms with Gasteiger partial charge in [-0.15, -0.1) is 0 Å². The highest BCUT2D eigenvalue weighted by atomic mass is 16.1. The van der Waals surface area contributed by atoms with Crippen molar-refractivity contribution in [1.29, 1.82) is 0 Å². The minimum absolute atomic E-state index is 0.127. The lowest BCUT2D eigenvalue weighted by molar-refractivity contribution is 0.0963. The molecule has 0 unspecified atom stereocenters. The van der Waals surface area contributed by atoms with Crippen molar-refractivity contribution >= 4 is 5.91 Å². The van der Waals surface area contributed by atoms with Crippen molar-refractivity contribution < 1.29 is 4.79 Å². The average Bonchev–Trinajstić information content (AvgIpc) is 3.00. The molecule has 1 heterocycles. The summed E-state index contributed by atoms with van der Waals surface area (Å²) >= 11 is 0. The van der Waals surface area contributed by atoms with E-state index >= 15 is 0 Å². The van der Waals surface area contributed by atoms with Crippen LogP contribution in [0, 0.1) is 0 Å². The van der Waals surface area contributed by atoms with Gasteiger partial charge < -0.3 is 5.32 Å². The topological polar surface area (TPSA) is 46.9 Å². The van der Waals surface area contributed by atoms with Gasteiger partial charge in [0.2, 0.25) is 0 Å². The van der Waals surface area contributed by atoms with Crippen molar-refractivity contribution in [3.63, 3.8) is 0 Å². The van der Waals surface area contributed by atoms with Crippen LogP contribution < -0.4 is 5.32 Å². The predicted molar refractivity (Wildman–Crippen MR) is 86.6 cm³/mol. The maximum absolute atomic E-state index is 12.1. The van der Waals surface area contributed by atoms with Gasteiger partial charge in [-0.2, -0.15) is 5.10 Å².